The summed E-state index contributed by atoms with van der Waals surface area (Å²) in [6, 6.07) is 10.3. The molecule has 2 aromatic carbocycles. The number of rotatable bonds is 6. The van der Waals surface area contributed by atoms with Gasteiger partial charge in [0.2, 0.25) is 0 Å². The van der Waals surface area contributed by atoms with Gasteiger partial charge < -0.3 is 24.2 Å². The molecule has 0 spiro atoms. The molecular weight excluding hydrogens is 436 g/mol. The minimum Gasteiger partial charge on any atom is -0.493 e. The summed E-state index contributed by atoms with van der Waals surface area (Å²) in [5, 5.41) is 10.9. The van der Waals surface area contributed by atoms with Crippen molar-refractivity contribution in [2.75, 3.05) is 56.7 Å². The molecule has 34 heavy (non-hydrogen) atoms. The summed E-state index contributed by atoms with van der Waals surface area (Å²) in [5.74, 6) is 1.15. The fourth-order valence-electron chi connectivity index (χ4n) is 4.37. The van der Waals surface area contributed by atoms with Crippen molar-refractivity contribution < 1.29 is 19.2 Å². The second-order valence-corrected chi connectivity index (χ2v) is 8.08. The van der Waals surface area contributed by atoms with E-state index in [0.29, 0.717) is 55.4 Å². The first-order valence-electron chi connectivity index (χ1n) is 11.1. The summed E-state index contributed by atoms with van der Waals surface area (Å²) < 4.78 is 10.9. The van der Waals surface area contributed by atoms with Crippen molar-refractivity contribution in [3.05, 3.63) is 70.4 Å². The molecule has 0 N–H and O–H groups in total. The normalized spacial score (nSPS) is 15.6. The molecule has 1 saturated heterocycles. The molecule has 0 aliphatic carbocycles. The largest absolute Gasteiger partial charge is 0.493 e. The number of carbonyl (C=O) groups is 1. The molecule has 9 heteroatoms. The highest BCUT2D eigenvalue weighted by molar-refractivity contribution is 6.12. The molecule has 9 nitrogen and oxygen atoms in total. The maximum Gasteiger partial charge on any atom is 0.269 e. The van der Waals surface area contributed by atoms with Gasteiger partial charge in [0.1, 0.15) is 0 Å². The molecule has 0 atom stereocenters. The third kappa shape index (κ3) is 4.16. The molecule has 0 aromatic heterocycles. The number of hydrogen-bond donors (Lipinski definition) is 0. The summed E-state index contributed by atoms with van der Waals surface area (Å²) in [5.41, 5.74) is 3.95. The molecule has 2 aromatic rings. The van der Waals surface area contributed by atoms with E-state index in [9.17, 15) is 14.9 Å². The maximum atomic E-state index is 13.5. The highest BCUT2D eigenvalue weighted by atomic mass is 16.6. The number of nitrogens with zero attached hydrogens (tertiary/aromatic N) is 4. The van der Waals surface area contributed by atoms with Gasteiger partial charge in [0.25, 0.3) is 11.6 Å². The molecule has 2 heterocycles. The third-order valence-electron chi connectivity index (χ3n) is 6.31. The second kappa shape index (κ2) is 9.46. The van der Waals surface area contributed by atoms with Crippen LogP contribution >= 0.6 is 0 Å². The first-order valence-corrected chi connectivity index (χ1v) is 11.1. The molecule has 4 rings (SSSR count). The predicted octanol–water partition coefficient (Wildman–Crippen LogP) is 3.70. The Morgan fingerprint density at radius 2 is 1.68 bits per heavy atom. The van der Waals surface area contributed by atoms with Crippen molar-refractivity contribution in [1.29, 1.82) is 0 Å². The van der Waals surface area contributed by atoms with Crippen molar-refractivity contribution in [2.24, 2.45) is 0 Å². The lowest BCUT2D eigenvalue weighted by Crippen LogP contribution is -2.49. The molecule has 1 amide bonds. The number of piperazine rings is 1. The lowest BCUT2D eigenvalue weighted by Gasteiger charge is -2.38. The molecule has 0 saturated carbocycles. The smallest absolute Gasteiger partial charge is 0.269 e. The van der Waals surface area contributed by atoms with Crippen LogP contribution in [0.5, 0.6) is 11.5 Å². The molecular formula is C25H28N4O5. The van der Waals surface area contributed by atoms with Crippen LogP contribution in [0.15, 0.2) is 54.8 Å². The van der Waals surface area contributed by atoms with Crippen molar-refractivity contribution in [3.8, 4) is 11.5 Å². The van der Waals surface area contributed by atoms with Crippen LogP contribution in [0.4, 0.5) is 17.1 Å². The number of non-ortho nitro benzene ring substituents is 1. The number of carbonyl (C=O) groups excluding carboxylic acids is 1. The van der Waals surface area contributed by atoms with Crippen LogP contribution in [0, 0.1) is 10.1 Å². The Hall–Kier alpha value is -4.01. The standard InChI is InChI=1S/C25H28N4O5/c1-5-26-16-21(17(2)20-14-23(33-3)24(34-4)15-22(20)26)25(30)28-12-10-27(11-13-28)18-6-8-19(9-7-18)29(31)32/h6-9,14-16H,2,5,10-13H2,1,3-4H3. The Morgan fingerprint density at radius 3 is 2.24 bits per heavy atom. The molecule has 2 aliphatic heterocycles. The van der Waals surface area contributed by atoms with Crippen molar-refractivity contribution >= 4 is 28.5 Å². The lowest BCUT2D eigenvalue weighted by atomic mass is 9.93. The van der Waals surface area contributed by atoms with Crippen molar-refractivity contribution in [1.82, 2.24) is 4.90 Å². The van der Waals surface area contributed by atoms with E-state index in [1.54, 1.807) is 26.4 Å². The van der Waals surface area contributed by atoms with E-state index in [-0.39, 0.29) is 11.6 Å². The van der Waals surface area contributed by atoms with Gasteiger partial charge in [-0.25, -0.2) is 0 Å². The predicted molar refractivity (Wildman–Crippen MR) is 132 cm³/mol. The Kier molecular flexibility index (Phi) is 6.45. The van der Waals surface area contributed by atoms with Gasteiger partial charge in [0, 0.05) is 68.4 Å². The molecule has 0 bridgehead atoms. The Morgan fingerprint density at radius 1 is 1.06 bits per heavy atom. The van der Waals surface area contributed by atoms with E-state index in [2.05, 4.69) is 11.5 Å². The number of fused-ring (bicyclic) bond motifs is 1. The third-order valence-corrected chi connectivity index (χ3v) is 6.31. The fraction of sp³-hybridized carbons (Fsp3) is 0.320. The average molecular weight is 465 g/mol. The van der Waals surface area contributed by atoms with Gasteiger partial charge in [0.05, 0.1) is 30.4 Å². The summed E-state index contributed by atoms with van der Waals surface area (Å²) in [4.78, 5) is 30.0. The topological polar surface area (TPSA) is 88.4 Å². The number of benzene rings is 2. The Balaban J connectivity index is 1.51. The van der Waals surface area contributed by atoms with Crippen LogP contribution in [-0.2, 0) is 4.79 Å². The van der Waals surface area contributed by atoms with Crippen molar-refractivity contribution in [3.63, 3.8) is 0 Å². The maximum absolute atomic E-state index is 13.5. The first kappa shape index (κ1) is 23.2. The average Bonchev–Trinajstić information content (AvgIpc) is 2.88. The van der Waals surface area contributed by atoms with Crippen LogP contribution in [0.3, 0.4) is 0 Å². The summed E-state index contributed by atoms with van der Waals surface area (Å²) >= 11 is 0. The fourth-order valence-corrected chi connectivity index (χ4v) is 4.37. The van der Waals surface area contributed by atoms with Crippen LogP contribution in [0.1, 0.15) is 12.5 Å². The van der Waals surface area contributed by atoms with Gasteiger partial charge in [-0.05, 0) is 30.7 Å². The molecule has 178 valence electrons. The molecule has 0 unspecified atom stereocenters. The van der Waals surface area contributed by atoms with Gasteiger partial charge in [-0.3, -0.25) is 14.9 Å². The van der Waals surface area contributed by atoms with Crippen LogP contribution in [0.2, 0.25) is 0 Å². The van der Waals surface area contributed by atoms with Gasteiger partial charge >= 0.3 is 0 Å². The van der Waals surface area contributed by atoms with E-state index in [0.717, 1.165) is 16.9 Å². The quantitative estimate of drug-likeness (QED) is 0.476. The number of amides is 1. The zero-order chi connectivity index (χ0) is 24.4. The van der Waals surface area contributed by atoms with Gasteiger partial charge in [0.15, 0.2) is 11.5 Å². The lowest BCUT2D eigenvalue weighted by molar-refractivity contribution is -0.384. The van der Waals surface area contributed by atoms with E-state index in [4.69, 9.17) is 9.47 Å². The van der Waals surface area contributed by atoms with Gasteiger partial charge in [-0.15, -0.1) is 0 Å². The number of hydrogen-bond acceptors (Lipinski definition) is 7. The highest BCUT2D eigenvalue weighted by Crippen LogP contribution is 2.43. The minimum absolute atomic E-state index is 0.0627. The molecule has 2 aliphatic rings. The Bertz CT molecular complexity index is 1150. The number of ether oxygens (including phenoxy) is 2. The van der Waals surface area contributed by atoms with E-state index in [1.165, 1.54) is 12.1 Å². The second-order valence-electron chi connectivity index (χ2n) is 8.08. The summed E-state index contributed by atoms with van der Waals surface area (Å²) in [6.07, 6.45) is 1.86. The zero-order valence-corrected chi connectivity index (χ0v) is 19.6. The highest BCUT2D eigenvalue weighted by Gasteiger charge is 2.31. The zero-order valence-electron chi connectivity index (χ0n) is 19.6. The molecule has 0 radical (unpaired) electrons. The number of anilines is 2. The van der Waals surface area contributed by atoms with Crippen LogP contribution < -0.4 is 19.3 Å². The number of methoxy groups -OCH3 is 2. The molecule has 1 fully saturated rings. The number of nitro groups is 1. The summed E-state index contributed by atoms with van der Waals surface area (Å²) in [6.45, 7) is 9.31. The van der Waals surface area contributed by atoms with E-state index in [1.807, 2.05) is 35.1 Å². The van der Waals surface area contributed by atoms with Crippen LogP contribution in [-0.4, -0.2) is 62.7 Å². The van der Waals surface area contributed by atoms with Crippen LogP contribution in [0.25, 0.3) is 5.57 Å². The summed E-state index contributed by atoms with van der Waals surface area (Å²) in [7, 11) is 3.18. The van der Waals surface area contributed by atoms with Gasteiger partial charge in [-0.1, -0.05) is 6.58 Å². The first-order chi connectivity index (χ1) is 16.4. The SMILES string of the molecule is C=C1C(C(=O)N2CCN(c3ccc([N+](=O)[O-])cc3)CC2)=CN(CC)c2cc(OC)c(OC)cc21. The number of nitro benzene ring substituents is 1. The van der Waals surface area contributed by atoms with Gasteiger partial charge in [-0.2, -0.15) is 0 Å². The Labute approximate surface area is 198 Å². The van der Waals surface area contributed by atoms with E-state index >= 15 is 0 Å². The van der Waals surface area contributed by atoms with E-state index < -0.39 is 4.92 Å². The monoisotopic (exact) mass is 464 g/mol. The van der Waals surface area contributed by atoms with Crippen molar-refractivity contribution in [2.45, 2.75) is 6.92 Å². The minimum atomic E-state index is -0.408.